The molecule has 0 atom stereocenters. The first-order valence-corrected chi connectivity index (χ1v) is 5.54. The van der Waals surface area contributed by atoms with Crippen molar-refractivity contribution >= 4 is 17.4 Å². The number of nitrogen functional groups attached to an aromatic ring is 1. The van der Waals surface area contributed by atoms with Gasteiger partial charge in [0.25, 0.3) is 0 Å². The zero-order valence-corrected chi connectivity index (χ0v) is 9.41. The van der Waals surface area contributed by atoms with Crippen LogP contribution in [0.25, 0.3) is 0 Å². The molecule has 84 valence electrons. The summed E-state index contributed by atoms with van der Waals surface area (Å²) in [5.74, 6) is 0.729. The van der Waals surface area contributed by atoms with E-state index < -0.39 is 0 Å². The van der Waals surface area contributed by atoms with Crippen LogP contribution in [0.1, 0.15) is 5.82 Å². The molecular formula is C9H10FN5S. The van der Waals surface area contributed by atoms with Crippen molar-refractivity contribution in [3.63, 3.8) is 0 Å². The first-order valence-electron chi connectivity index (χ1n) is 4.56. The van der Waals surface area contributed by atoms with Gasteiger partial charge in [-0.3, -0.25) is 0 Å². The van der Waals surface area contributed by atoms with Gasteiger partial charge in [-0.1, -0.05) is 0 Å². The summed E-state index contributed by atoms with van der Waals surface area (Å²) in [6.45, 7) is 0. The number of benzene rings is 1. The van der Waals surface area contributed by atoms with Gasteiger partial charge < -0.3 is 5.73 Å². The molecule has 0 aliphatic heterocycles. The Hall–Kier alpha value is -1.63. The van der Waals surface area contributed by atoms with E-state index in [2.05, 4.69) is 15.4 Å². The molecule has 16 heavy (non-hydrogen) atoms. The summed E-state index contributed by atoms with van der Waals surface area (Å²) >= 11 is 1.31. The topological polar surface area (TPSA) is 69.6 Å². The zero-order valence-electron chi connectivity index (χ0n) is 8.59. The van der Waals surface area contributed by atoms with E-state index in [0.29, 0.717) is 22.2 Å². The Balaban J connectivity index is 2.04. The van der Waals surface area contributed by atoms with E-state index in [1.165, 1.54) is 22.6 Å². The highest BCUT2D eigenvalue weighted by atomic mass is 32.2. The Morgan fingerprint density at radius 3 is 2.94 bits per heavy atom. The third-order valence-electron chi connectivity index (χ3n) is 1.86. The highest BCUT2D eigenvalue weighted by molar-refractivity contribution is 7.98. The molecule has 5 nitrogen and oxygen atoms in total. The van der Waals surface area contributed by atoms with E-state index in [-0.39, 0.29) is 5.82 Å². The lowest BCUT2D eigenvalue weighted by Crippen LogP contribution is -1.93. The summed E-state index contributed by atoms with van der Waals surface area (Å²) in [6.07, 6.45) is 0. The number of tetrazole rings is 1. The second-order valence-electron chi connectivity index (χ2n) is 3.17. The lowest BCUT2D eigenvalue weighted by atomic mass is 10.3. The van der Waals surface area contributed by atoms with Crippen LogP contribution in [0.15, 0.2) is 23.1 Å². The monoisotopic (exact) mass is 239 g/mol. The summed E-state index contributed by atoms with van der Waals surface area (Å²) in [7, 11) is 1.69. The quantitative estimate of drug-likeness (QED) is 0.644. The highest BCUT2D eigenvalue weighted by Crippen LogP contribution is 2.25. The second-order valence-corrected chi connectivity index (χ2v) is 4.19. The molecule has 0 spiro atoms. The minimum atomic E-state index is -0.325. The summed E-state index contributed by atoms with van der Waals surface area (Å²) < 4.78 is 13.4. The van der Waals surface area contributed by atoms with E-state index in [4.69, 9.17) is 5.73 Å². The largest absolute Gasteiger partial charge is 0.399 e. The highest BCUT2D eigenvalue weighted by Gasteiger charge is 2.06. The zero-order chi connectivity index (χ0) is 11.5. The molecule has 0 amide bonds. The Morgan fingerprint density at radius 2 is 2.31 bits per heavy atom. The molecule has 1 aromatic heterocycles. The van der Waals surface area contributed by atoms with Crippen LogP contribution in [0, 0.1) is 5.82 Å². The van der Waals surface area contributed by atoms with Crippen molar-refractivity contribution in [2.75, 3.05) is 5.73 Å². The van der Waals surface area contributed by atoms with Crippen LogP contribution in [0.3, 0.4) is 0 Å². The summed E-state index contributed by atoms with van der Waals surface area (Å²) in [5, 5.41) is 11.5. The van der Waals surface area contributed by atoms with Gasteiger partial charge in [0.05, 0.1) is 12.8 Å². The Kier molecular flexibility index (Phi) is 3.04. The average Bonchev–Trinajstić information content (AvgIpc) is 2.63. The molecule has 0 fully saturated rings. The molecular weight excluding hydrogens is 229 g/mol. The maximum Gasteiger partial charge on any atom is 0.184 e. The number of hydrogen-bond donors (Lipinski definition) is 1. The average molecular weight is 239 g/mol. The van der Waals surface area contributed by atoms with Crippen molar-refractivity contribution in [1.29, 1.82) is 0 Å². The van der Waals surface area contributed by atoms with Gasteiger partial charge in [-0.15, -0.1) is 22.0 Å². The number of nitrogens with two attached hydrogens (primary N) is 1. The number of hydrogen-bond acceptors (Lipinski definition) is 5. The molecule has 7 heteroatoms. The lowest BCUT2D eigenvalue weighted by molar-refractivity contribution is 0.602. The van der Waals surface area contributed by atoms with Gasteiger partial charge in [-0.2, -0.15) is 4.80 Å². The number of aromatic nitrogens is 4. The lowest BCUT2D eigenvalue weighted by Gasteiger charge is -2.01. The van der Waals surface area contributed by atoms with Crippen LogP contribution >= 0.6 is 11.8 Å². The van der Waals surface area contributed by atoms with Gasteiger partial charge >= 0.3 is 0 Å². The molecule has 2 rings (SSSR count). The van der Waals surface area contributed by atoms with E-state index in [0.717, 1.165) is 0 Å². The summed E-state index contributed by atoms with van der Waals surface area (Å²) in [6, 6.07) is 4.60. The molecule has 1 aromatic carbocycles. The van der Waals surface area contributed by atoms with Crippen molar-refractivity contribution in [3.8, 4) is 0 Å². The number of rotatable bonds is 3. The van der Waals surface area contributed by atoms with Crippen molar-refractivity contribution in [2.24, 2.45) is 7.05 Å². The number of nitrogens with zero attached hydrogens (tertiary/aromatic N) is 4. The fourth-order valence-corrected chi connectivity index (χ4v) is 1.92. The number of aryl methyl sites for hydroxylation is 1. The van der Waals surface area contributed by atoms with Crippen molar-refractivity contribution in [1.82, 2.24) is 20.2 Å². The predicted octanol–water partition coefficient (Wildman–Crippen LogP) is 1.22. The number of anilines is 1. The molecule has 0 unspecified atom stereocenters. The van der Waals surface area contributed by atoms with E-state index in [1.807, 2.05) is 0 Å². The molecule has 1 heterocycles. The fourth-order valence-electron chi connectivity index (χ4n) is 1.16. The third kappa shape index (κ3) is 2.48. The van der Waals surface area contributed by atoms with Crippen LogP contribution in [0.2, 0.25) is 0 Å². The first kappa shape index (κ1) is 10.9. The Morgan fingerprint density at radius 1 is 1.50 bits per heavy atom. The van der Waals surface area contributed by atoms with Crippen LogP contribution in [-0.2, 0) is 12.8 Å². The smallest absolute Gasteiger partial charge is 0.184 e. The van der Waals surface area contributed by atoms with Gasteiger partial charge in [0.1, 0.15) is 5.82 Å². The number of halogens is 1. The molecule has 0 bridgehead atoms. The minimum Gasteiger partial charge on any atom is -0.399 e. The summed E-state index contributed by atoms with van der Waals surface area (Å²) in [4.78, 5) is 1.90. The van der Waals surface area contributed by atoms with Gasteiger partial charge in [0.15, 0.2) is 5.82 Å². The van der Waals surface area contributed by atoms with Gasteiger partial charge in [0, 0.05) is 10.6 Å². The molecule has 2 N–H and O–H groups in total. The molecule has 0 aliphatic rings. The maximum atomic E-state index is 13.4. The van der Waals surface area contributed by atoms with Crippen LogP contribution in [-0.4, -0.2) is 20.2 Å². The van der Waals surface area contributed by atoms with Crippen molar-refractivity contribution in [3.05, 3.63) is 29.8 Å². The standard InChI is InChI=1S/C9H10FN5S/c1-15-13-9(12-14-15)5-16-8-3-2-6(11)4-7(8)10/h2-4H,5,11H2,1H3. The fraction of sp³-hybridized carbons (Fsp3) is 0.222. The van der Waals surface area contributed by atoms with E-state index >= 15 is 0 Å². The van der Waals surface area contributed by atoms with Crippen molar-refractivity contribution in [2.45, 2.75) is 10.6 Å². The summed E-state index contributed by atoms with van der Waals surface area (Å²) in [5.41, 5.74) is 5.87. The van der Waals surface area contributed by atoms with Gasteiger partial charge in [-0.25, -0.2) is 4.39 Å². The van der Waals surface area contributed by atoms with Crippen molar-refractivity contribution < 1.29 is 4.39 Å². The molecule has 0 radical (unpaired) electrons. The predicted molar refractivity (Wildman–Crippen MR) is 59.2 cm³/mol. The Bertz CT molecular complexity index is 498. The van der Waals surface area contributed by atoms with Crippen LogP contribution in [0.4, 0.5) is 10.1 Å². The first-order chi connectivity index (χ1) is 7.65. The van der Waals surface area contributed by atoms with Gasteiger partial charge in [0.2, 0.25) is 0 Å². The SMILES string of the molecule is Cn1nnc(CSc2ccc(N)cc2F)n1. The normalized spacial score (nSPS) is 10.6. The van der Waals surface area contributed by atoms with Gasteiger partial charge in [-0.05, 0) is 23.4 Å². The molecule has 0 saturated carbocycles. The van der Waals surface area contributed by atoms with Crippen LogP contribution < -0.4 is 5.73 Å². The molecule has 2 aromatic rings. The van der Waals surface area contributed by atoms with E-state index in [9.17, 15) is 4.39 Å². The minimum absolute atomic E-state index is 0.325. The molecule has 0 saturated heterocycles. The van der Waals surface area contributed by atoms with Crippen LogP contribution in [0.5, 0.6) is 0 Å². The second kappa shape index (κ2) is 4.48. The number of thioether (sulfide) groups is 1. The maximum absolute atomic E-state index is 13.4. The third-order valence-corrected chi connectivity index (χ3v) is 2.91. The molecule has 0 aliphatic carbocycles. The Labute approximate surface area is 95.8 Å². The van der Waals surface area contributed by atoms with E-state index in [1.54, 1.807) is 19.2 Å².